The van der Waals surface area contributed by atoms with Gasteiger partial charge < -0.3 is 4.74 Å². The van der Waals surface area contributed by atoms with E-state index in [1.54, 1.807) is 13.0 Å². The van der Waals surface area contributed by atoms with Gasteiger partial charge in [0.2, 0.25) is 0 Å². The zero-order chi connectivity index (χ0) is 12.6. The molecule has 0 unspecified atom stereocenters. The Hall–Kier alpha value is -1.68. The summed E-state index contributed by atoms with van der Waals surface area (Å²) in [6, 6.07) is 4.28. The third-order valence-electron chi connectivity index (χ3n) is 2.47. The van der Waals surface area contributed by atoms with E-state index in [9.17, 15) is 9.18 Å². The van der Waals surface area contributed by atoms with Gasteiger partial charge in [0.1, 0.15) is 11.3 Å². The highest BCUT2D eigenvalue weighted by molar-refractivity contribution is 6.36. The third kappa shape index (κ3) is 1.96. The number of aryl methyl sites for hydroxylation is 1. The molecule has 3 nitrogen and oxygen atoms in total. The number of carbonyl (C=O) groups is 1. The summed E-state index contributed by atoms with van der Waals surface area (Å²) >= 11 is 6.03. The van der Waals surface area contributed by atoms with Gasteiger partial charge in [-0.3, -0.25) is 0 Å². The Kier molecular flexibility index (Phi) is 2.98. The smallest absolute Gasteiger partial charge is 0.356 e. The van der Waals surface area contributed by atoms with E-state index in [1.807, 2.05) is 0 Å². The van der Waals surface area contributed by atoms with E-state index in [-0.39, 0.29) is 16.2 Å². The summed E-state index contributed by atoms with van der Waals surface area (Å²) in [5.41, 5.74) is 0.878. The normalized spacial score (nSPS) is 10.6. The molecule has 5 heteroatoms. The highest BCUT2D eigenvalue weighted by atomic mass is 35.5. The predicted octanol–water partition coefficient (Wildman–Crippen LogP) is 3.12. The first kappa shape index (κ1) is 11.8. The lowest BCUT2D eigenvalue weighted by Gasteiger charge is -2.07. The molecule has 0 saturated heterocycles. The first-order valence-electron chi connectivity index (χ1n) is 4.88. The number of halogens is 2. The quantitative estimate of drug-likeness (QED) is 0.733. The second kappa shape index (κ2) is 4.30. The first-order valence-corrected chi connectivity index (χ1v) is 5.26. The number of pyridine rings is 1. The summed E-state index contributed by atoms with van der Waals surface area (Å²) in [6.45, 7) is 1.80. The van der Waals surface area contributed by atoms with Crippen LogP contribution in [0.4, 0.5) is 4.39 Å². The van der Waals surface area contributed by atoms with Crippen molar-refractivity contribution < 1.29 is 13.9 Å². The van der Waals surface area contributed by atoms with Gasteiger partial charge in [0, 0.05) is 5.39 Å². The second-order valence-electron chi connectivity index (χ2n) is 3.57. The Bertz CT molecular complexity index is 613. The van der Waals surface area contributed by atoms with Gasteiger partial charge in [-0.2, -0.15) is 0 Å². The fourth-order valence-corrected chi connectivity index (χ4v) is 1.97. The number of hydrogen-bond acceptors (Lipinski definition) is 3. The number of hydrogen-bond donors (Lipinski definition) is 0. The van der Waals surface area contributed by atoms with Crippen LogP contribution in [0.2, 0.25) is 5.02 Å². The van der Waals surface area contributed by atoms with Crippen LogP contribution < -0.4 is 0 Å². The van der Waals surface area contributed by atoms with Gasteiger partial charge in [-0.25, -0.2) is 14.2 Å². The molecule has 1 aromatic carbocycles. The molecule has 0 N–H and O–H groups in total. The number of rotatable bonds is 1. The molecule has 0 aliphatic rings. The van der Waals surface area contributed by atoms with E-state index in [0.717, 1.165) is 5.56 Å². The molecule has 0 saturated carbocycles. The first-order chi connectivity index (χ1) is 8.04. The minimum Gasteiger partial charge on any atom is -0.464 e. The Morgan fingerprint density at radius 2 is 2.18 bits per heavy atom. The number of benzene rings is 1. The summed E-state index contributed by atoms with van der Waals surface area (Å²) in [5.74, 6) is -1.16. The van der Waals surface area contributed by atoms with Crippen molar-refractivity contribution in [3.63, 3.8) is 0 Å². The van der Waals surface area contributed by atoms with Crippen molar-refractivity contribution in [1.82, 2.24) is 4.98 Å². The number of fused-ring (bicyclic) bond motifs is 1. The molecule has 2 aromatic rings. The molecule has 0 bridgehead atoms. The lowest BCUT2D eigenvalue weighted by molar-refractivity contribution is 0.0594. The maximum Gasteiger partial charge on any atom is 0.356 e. The molecule has 0 amide bonds. The van der Waals surface area contributed by atoms with Crippen LogP contribution in [0, 0.1) is 12.7 Å². The maximum absolute atomic E-state index is 13.6. The van der Waals surface area contributed by atoms with E-state index in [2.05, 4.69) is 9.72 Å². The molecule has 0 aliphatic carbocycles. The average molecular weight is 254 g/mol. The third-order valence-corrected chi connectivity index (χ3v) is 2.76. The van der Waals surface area contributed by atoms with Crippen LogP contribution in [0.5, 0.6) is 0 Å². The minimum absolute atomic E-state index is 0.00509. The lowest BCUT2D eigenvalue weighted by atomic mass is 10.1. The largest absolute Gasteiger partial charge is 0.464 e. The van der Waals surface area contributed by atoms with Crippen molar-refractivity contribution in [1.29, 1.82) is 0 Å². The second-order valence-corrected chi connectivity index (χ2v) is 3.98. The summed E-state index contributed by atoms with van der Waals surface area (Å²) in [4.78, 5) is 15.3. The van der Waals surface area contributed by atoms with Gasteiger partial charge >= 0.3 is 5.97 Å². The summed E-state index contributed by atoms with van der Waals surface area (Å²) in [5, 5.41) is 0.798. The molecule has 0 spiro atoms. The maximum atomic E-state index is 13.6. The average Bonchev–Trinajstić information content (AvgIpc) is 2.32. The van der Waals surface area contributed by atoms with Crippen molar-refractivity contribution in [2.24, 2.45) is 0 Å². The number of carbonyl (C=O) groups excluding carboxylic acids is 1. The van der Waals surface area contributed by atoms with Gasteiger partial charge in [-0.1, -0.05) is 17.7 Å². The Morgan fingerprint density at radius 1 is 1.47 bits per heavy atom. The molecule has 1 aromatic heterocycles. The molecule has 0 atom stereocenters. The van der Waals surface area contributed by atoms with Gasteiger partial charge in [-0.15, -0.1) is 0 Å². The monoisotopic (exact) mass is 253 g/mol. The highest BCUT2D eigenvalue weighted by Crippen LogP contribution is 2.28. The SMILES string of the molecule is COC(=O)c1cc(Cl)c2c(C)ccc(F)c2n1. The van der Waals surface area contributed by atoms with Crippen LogP contribution in [0.25, 0.3) is 10.9 Å². The van der Waals surface area contributed by atoms with Gasteiger partial charge in [0.15, 0.2) is 5.69 Å². The molecule has 88 valence electrons. The van der Waals surface area contributed by atoms with E-state index in [1.165, 1.54) is 19.2 Å². The molecular formula is C12H9ClFNO2. The molecular weight excluding hydrogens is 245 g/mol. The van der Waals surface area contributed by atoms with E-state index in [0.29, 0.717) is 5.39 Å². The zero-order valence-electron chi connectivity index (χ0n) is 9.25. The fraction of sp³-hybridized carbons (Fsp3) is 0.167. The Morgan fingerprint density at radius 3 is 2.82 bits per heavy atom. The van der Waals surface area contributed by atoms with Crippen molar-refractivity contribution in [2.45, 2.75) is 6.92 Å². The molecule has 0 radical (unpaired) electrons. The van der Waals surface area contributed by atoms with Crippen LogP contribution in [0.3, 0.4) is 0 Å². The topological polar surface area (TPSA) is 39.2 Å². The summed E-state index contributed by atoms with van der Waals surface area (Å²) in [6.07, 6.45) is 0. The minimum atomic E-state index is -0.644. The number of aromatic nitrogens is 1. The molecule has 1 heterocycles. The fourth-order valence-electron chi connectivity index (χ4n) is 1.63. The van der Waals surface area contributed by atoms with Gasteiger partial charge in [0.05, 0.1) is 12.1 Å². The molecule has 0 fully saturated rings. The summed E-state index contributed by atoms with van der Waals surface area (Å²) < 4.78 is 18.1. The van der Waals surface area contributed by atoms with E-state index >= 15 is 0 Å². The van der Waals surface area contributed by atoms with Crippen molar-refractivity contribution >= 4 is 28.5 Å². The number of nitrogens with zero attached hydrogens (tertiary/aromatic N) is 1. The number of ether oxygens (including phenoxy) is 1. The molecule has 17 heavy (non-hydrogen) atoms. The van der Waals surface area contributed by atoms with E-state index in [4.69, 9.17) is 11.6 Å². The van der Waals surface area contributed by atoms with Crippen molar-refractivity contribution in [3.05, 3.63) is 40.3 Å². The van der Waals surface area contributed by atoms with E-state index < -0.39 is 11.8 Å². The van der Waals surface area contributed by atoms with Gasteiger partial charge in [-0.05, 0) is 24.6 Å². The summed E-state index contributed by atoms with van der Waals surface area (Å²) in [7, 11) is 1.23. The van der Waals surface area contributed by atoms with Gasteiger partial charge in [0.25, 0.3) is 0 Å². The predicted molar refractivity (Wildman–Crippen MR) is 62.8 cm³/mol. The molecule has 0 aliphatic heterocycles. The Labute approximate surface area is 102 Å². The van der Waals surface area contributed by atoms with Crippen LogP contribution in [-0.2, 0) is 4.74 Å². The van der Waals surface area contributed by atoms with Crippen molar-refractivity contribution in [3.8, 4) is 0 Å². The number of methoxy groups -OCH3 is 1. The van der Waals surface area contributed by atoms with Crippen LogP contribution in [0.15, 0.2) is 18.2 Å². The standard InChI is InChI=1S/C12H9ClFNO2/c1-6-3-4-8(14)11-10(6)7(13)5-9(15-11)12(16)17-2/h3-5H,1-2H3. The lowest BCUT2D eigenvalue weighted by Crippen LogP contribution is -2.05. The number of esters is 1. The highest BCUT2D eigenvalue weighted by Gasteiger charge is 2.15. The van der Waals surface area contributed by atoms with Crippen LogP contribution >= 0.6 is 11.6 Å². The zero-order valence-corrected chi connectivity index (χ0v) is 10.0. The Balaban J connectivity index is 2.82. The van der Waals surface area contributed by atoms with Crippen LogP contribution in [0.1, 0.15) is 16.1 Å². The van der Waals surface area contributed by atoms with Crippen LogP contribution in [-0.4, -0.2) is 18.1 Å². The van der Waals surface area contributed by atoms with Crippen molar-refractivity contribution in [2.75, 3.05) is 7.11 Å². The molecule has 2 rings (SSSR count).